The van der Waals surface area contributed by atoms with E-state index < -0.39 is 11.5 Å². The van der Waals surface area contributed by atoms with E-state index in [1.54, 1.807) is 0 Å². The third kappa shape index (κ3) is 7.48. The molecule has 0 aliphatic heterocycles. The Morgan fingerprint density at radius 2 is 1.33 bits per heavy atom. The van der Waals surface area contributed by atoms with Crippen molar-refractivity contribution in [1.82, 2.24) is 0 Å². The molecule has 0 spiro atoms. The lowest BCUT2D eigenvalue weighted by molar-refractivity contribution is -0.144. The molecular weight excluding hydrogens is 298 g/mol. The second-order valence-electron chi connectivity index (χ2n) is 6.93. The molecule has 0 aliphatic carbocycles. The molecule has 1 atom stereocenters. The number of carboxylic acids is 1. The predicted octanol–water partition coefficient (Wildman–Crippen LogP) is 5.63. The van der Waals surface area contributed by atoms with Gasteiger partial charge >= 0.3 is 5.97 Å². The topological polar surface area (TPSA) is 63.3 Å². The molecule has 0 aliphatic rings. The van der Waals surface area contributed by atoms with Gasteiger partial charge in [0.2, 0.25) is 0 Å². The highest BCUT2D eigenvalue weighted by Gasteiger charge is 2.35. The summed E-state index contributed by atoms with van der Waals surface area (Å²) in [7, 11) is 0. The van der Waals surface area contributed by atoms with Crippen molar-refractivity contribution in [3.8, 4) is 0 Å². The van der Waals surface area contributed by atoms with Crippen LogP contribution < -0.4 is 5.73 Å². The Labute approximate surface area is 147 Å². The van der Waals surface area contributed by atoms with Gasteiger partial charge in [-0.05, 0) is 12.0 Å². The zero-order valence-electron chi connectivity index (χ0n) is 15.3. The van der Waals surface area contributed by atoms with E-state index in [-0.39, 0.29) is 0 Å². The van der Waals surface area contributed by atoms with Gasteiger partial charge in [0.15, 0.2) is 0 Å². The Kier molecular flexibility index (Phi) is 10.4. The Bertz CT molecular complexity index is 446. The first-order valence-corrected chi connectivity index (χ1v) is 9.69. The fourth-order valence-electron chi connectivity index (χ4n) is 3.18. The first-order valence-electron chi connectivity index (χ1n) is 9.69. The Balaban J connectivity index is 2.15. The second-order valence-corrected chi connectivity index (χ2v) is 6.93. The Morgan fingerprint density at radius 3 is 1.79 bits per heavy atom. The monoisotopic (exact) mass is 333 g/mol. The van der Waals surface area contributed by atoms with Crippen LogP contribution in [0.2, 0.25) is 0 Å². The molecule has 0 radical (unpaired) electrons. The average Bonchev–Trinajstić information content (AvgIpc) is 2.60. The number of carbonyl (C=O) groups is 1. The van der Waals surface area contributed by atoms with Crippen molar-refractivity contribution in [2.75, 3.05) is 0 Å². The van der Waals surface area contributed by atoms with Crippen LogP contribution in [0, 0.1) is 0 Å². The van der Waals surface area contributed by atoms with Crippen LogP contribution in [-0.4, -0.2) is 11.1 Å². The molecule has 3 nitrogen and oxygen atoms in total. The van der Waals surface area contributed by atoms with Crippen LogP contribution in [0.1, 0.15) is 89.5 Å². The van der Waals surface area contributed by atoms with Gasteiger partial charge in [0, 0.05) is 0 Å². The number of unbranched alkanes of at least 4 members (excludes halogenated alkanes) is 10. The lowest BCUT2D eigenvalue weighted by atomic mass is 9.85. The highest BCUT2D eigenvalue weighted by atomic mass is 16.4. The maximum atomic E-state index is 11.6. The largest absolute Gasteiger partial charge is 0.480 e. The van der Waals surface area contributed by atoms with Crippen LogP contribution in [0.15, 0.2) is 30.3 Å². The number of nitrogens with two attached hydrogens (primary N) is 1. The summed E-state index contributed by atoms with van der Waals surface area (Å²) in [6, 6.07) is 9.20. The molecule has 3 N–H and O–H groups in total. The fraction of sp³-hybridized carbons (Fsp3) is 0.667. The van der Waals surface area contributed by atoms with Crippen molar-refractivity contribution >= 4 is 5.97 Å². The third-order valence-corrected chi connectivity index (χ3v) is 4.85. The van der Waals surface area contributed by atoms with Gasteiger partial charge in [0.05, 0.1) is 0 Å². The summed E-state index contributed by atoms with van der Waals surface area (Å²) in [5.74, 6) is -0.930. The van der Waals surface area contributed by atoms with Crippen molar-refractivity contribution in [3.63, 3.8) is 0 Å². The van der Waals surface area contributed by atoms with Crippen molar-refractivity contribution in [3.05, 3.63) is 35.9 Å². The maximum Gasteiger partial charge on any atom is 0.328 e. The number of carboxylic acid groups (broad SMARTS) is 1. The van der Waals surface area contributed by atoms with Crippen LogP contribution in [0.25, 0.3) is 0 Å². The maximum absolute atomic E-state index is 11.6. The molecule has 0 aromatic heterocycles. The standard InChI is InChI=1S/C21H35NO2/c1-2-3-4-5-6-7-8-9-10-11-15-18-21(22,20(23)24)19-16-13-12-14-17-19/h12-14,16-17H,2-11,15,18,22H2,1H3,(H,23,24). The van der Waals surface area contributed by atoms with E-state index in [9.17, 15) is 9.90 Å². The van der Waals surface area contributed by atoms with Crippen LogP contribution in [0.4, 0.5) is 0 Å². The van der Waals surface area contributed by atoms with Gasteiger partial charge in [0.25, 0.3) is 0 Å². The van der Waals surface area contributed by atoms with Gasteiger partial charge in [-0.25, -0.2) is 4.79 Å². The van der Waals surface area contributed by atoms with Crippen LogP contribution in [-0.2, 0) is 10.3 Å². The summed E-state index contributed by atoms with van der Waals surface area (Å²) in [6.07, 6.45) is 14.3. The Hall–Kier alpha value is -1.35. The summed E-state index contributed by atoms with van der Waals surface area (Å²) in [5.41, 5.74) is 5.63. The highest BCUT2D eigenvalue weighted by Crippen LogP contribution is 2.25. The number of benzene rings is 1. The Morgan fingerprint density at radius 1 is 0.875 bits per heavy atom. The first-order chi connectivity index (χ1) is 11.6. The quantitative estimate of drug-likeness (QED) is 0.434. The molecule has 24 heavy (non-hydrogen) atoms. The van der Waals surface area contributed by atoms with Crippen LogP contribution >= 0.6 is 0 Å². The third-order valence-electron chi connectivity index (χ3n) is 4.85. The average molecular weight is 334 g/mol. The summed E-state index contributed by atoms with van der Waals surface area (Å²) in [4.78, 5) is 11.6. The highest BCUT2D eigenvalue weighted by molar-refractivity contribution is 5.80. The molecule has 0 fully saturated rings. The van der Waals surface area contributed by atoms with Crippen molar-refractivity contribution < 1.29 is 9.90 Å². The van der Waals surface area contributed by atoms with Crippen molar-refractivity contribution in [1.29, 1.82) is 0 Å². The minimum Gasteiger partial charge on any atom is -0.480 e. The molecule has 0 saturated carbocycles. The van der Waals surface area contributed by atoms with Gasteiger partial charge < -0.3 is 10.8 Å². The molecule has 1 aromatic rings. The fourth-order valence-corrected chi connectivity index (χ4v) is 3.18. The zero-order chi connectivity index (χ0) is 17.7. The molecule has 0 amide bonds. The van der Waals surface area contributed by atoms with E-state index >= 15 is 0 Å². The molecule has 1 rings (SSSR count). The van der Waals surface area contributed by atoms with E-state index in [1.165, 1.54) is 57.8 Å². The van der Waals surface area contributed by atoms with Gasteiger partial charge in [-0.3, -0.25) is 0 Å². The van der Waals surface area contributed by atoms with E-state index in [2.05, 4.69) is 6.92 Å². The van der Waals surface area contributed by atoms with E-state index in [0.29, 0.717) is 12.0 Å². The second kappa shape index (κ2) is 12.1. The minimum atomic E-state index is -1.25. The van der Waals surface area contributed by atoms with E-state index in [1.807, 2.05) is 30.3 Å². The lowest BCUT2D eigenvalue weighted by Crippen LogP contribution is -2.44. The molecule has 0 saturated heterocycles. The molecule has 1 unspecified atom stereocenters. The SMILES string of the molecule is CCCCCCCCCCCCCC(N)(C(=O)O)c1ccccc1. The summed E-state index contributed by atoms with van der Waals surface area (Å²) in [6.45, 7) is 2.25. The normalized spacial score (nSPS) is 13.6. The van der Waals surface area contributed by atoms with Gasteiger partial charge in [-0.1, -0.05) is 108 Å². The van der Waals surface area contributed by atoms with E-state index in [0.717, 1.165) is 12.8 Å². The molecule has 0 bridgehead atoms. The van der Waals surface area contributed by atoms with Crippen molar-refractivity contribution in [2.24, 2.45) is 5.73 Å². The number of rotatable bonds is 14. The summed E-state index contributed by atoms with van der Waals surface area (Å²) >= 11 is 0. The lowest BCUT2D eigenvalue weighted by Gasteiger charge is -2.25. The minimum absolute atomic E-state index is 0.503. The predicted molar refractivity (Wildman–Crippen MR) is 101 cm³/mol. The van der Waals surface area contributed by atoms with Crippen LogP contribution in [0.3, 0.4) is 0 Å². The van der Waals surface area contributed by atoms with Crippen molar-refractivity contribution in [2.45, 2.75) is 89.5 Å². The van der Waals surface area contributed by atoms with Gasteiger partial charge in [-0.2, -0.15) is 0 Å². The molecular formula is C21H35NO2. The summed E-state index contributed by atoms with van der Waals surface area (Å²) in [5, 5.41) is 9.52. The van der Waals surface area contributed by atoms with Gasteiger partial charge in [-0.15, -0.1) is 0 Å². The van der Waals surface area contributed by atoms with Crippen LogP contribution in [0.5, 0.6) is 0 Å². The molecule has 1 aromatic carbocycles. The molecule has 136 valence electrons. The zero-order valence-corrected chi connectivity index (χ0v) is 15.3. The molecule has 0 heterocycles. The number of hydrogen-bond donors (Lipinski definition) is 2. The van der Waals surface area contributed by atoms with Gasteiger partial charge in [0.1, 0.15) is 5.54 Å². The first kappa shape index (κ1) is 20.7. The van der Waals surface area contributed by atoms with E-state index in [4.69, 9.17) is 5.73 Å². The summed E-state index contributed by atoms with van der Waals surface area (Å²) < 4.78 is 0. The molecule has 3 heteroatoms. The number of hydrogen-bond acceptors (Lipinski definition) is 2. The number of aliphatic carboxylic acids is 1. The smallest absolute Gasteiger partial charge is 0.328 e.